The Hall–Kier alpha value is -0.930. The SMILES string of the molecule is COC1(C(=O)c2ccc(Cl)cc2F)CCCCC1. The predicted octanol–water partition coefficient (Wildman–Crippen LogP) is 4.01. The highest BCUT2D eigenvalue weighted by molar-refractivity contribution is 6.30. The number of carbonyl (C=O) groups is 1. The van der Waals surface area contributed by atoms with Crippen molar-refractivity contribution >= 4 is 17.4 Å². The molecule has 0 atom stereocenters. The summed E-state index contributed by atoms with van der Waals surface area (Å²) in [5.41, 5.74) is -0.782. The summed E-state index contributed by atoms with van der Waals surface area (Å²) in [4.78, 5) is 12.5. The molecular weight excluding hydrogens is 255 g/mol. The van der Waals surface area contributed by atoms with Crippen LogP contribution in [0.1, 0.15) is 42.5 Å². The van der Waals surface area contributed by atoms with E-state index in [0.29, 0.717) is 17.9 Å². The maximum atomic E-state index is 13.8. The van der Waals surface area contributed by atoms with Gasteiger partial charge in [-0.05, 0) is 31.0 Å². The first-order valence-corrected chi connectivity index (χ1v) is 6.52. The van der Waals surface area contributed by atoms with E-state index in [1.54, 1.807) is 0 Å². The molecule has 1 aliphatic rings. The Bertz CT molecular complexity index is 453. The number of rotatable bonds is 3. The van der Waals surface area contributed by atoms with Crippen molar-refractivity contribution in [3.8, 4) is 0 Å². The summed E-state index contributed by atoms with van der Waals surface area (Å²) in [6.45, 7) is 0. The second kappa shape index (κ2) is 5.37. The number of hydrogen-bond acceptors (Lipinski definition) is 2. The maximum Gasteiger partial charge on any atom is 0.197 e. The van der Waals surface area contributed by atoms with Gasteiger partial charge in [-0.2, -0.15) is 0 Å². The number of benzene rings is 1. The Balaban J connectivity index is 2.33. The normalized spacial score (nSPS) is 18.6. The van der Waals surface area contributed by atoms with Crippen LogP contribution in [0.4, 0.5) is 4.39 Å². The summed E-state index contributed by atoms with van der Waals surface area (Å²) in [7, 11) is 1.52. The minimum absolute atomic E-state index is 0.0724. The molecule has 2 rings (SSSR count). The summed E-state index contributed by atoms with van der Waals surface area (Å²) < 4.78 is 19.2. The quantitative estimate of drug-likeness (QED) is 0.776. The molecule has 0 radical (unpaired) electrons. The van der Waals surface area contributed by atoms with Crippen LogP contribution in [0, 0.1) is 5.82 Å². The Kier molecular flexibility index (Phi) is 4.03. The van der Waals surface area contributed by atoms with Gasteiger partial charge in [-0.1, -0.05) is 30.9 Å². The number of Topliss-reactive ketones (excluding diaryl/α,β-unsaturated/α-hetero) is 1. The lowest BCUT2D eigenvalue weighted by Crippen LogP contribution is -2.43. The van der Waals surface area contributed by atoms with E-state index in [-0.39, 0.29) is 11.3 Å². The number of hydrogen-bond donors (Lipinski definition) is 0. The standard InChI is InChI=1S/C14H16ClFO2/c1-18-14(7-3-2-4-8-14)13(17)11-6-5-10(15)9-12(11)16/h5-6,9H,2-4,7-8H2,1H3. The van der Waals surface area contributed by atoms with E-state index in [2.05, 4.69) is 0 Å². The van der Waals surface area contributed by atoms with Crippen LogP contribution in [0.5, 0.6) is 0 Å². The molecule has 0 saturated heterocycles. The van der Waals surface area contributed by atoms with E-state index in [0.717, 1.165) is 19.3 Å². The minimum Gasteiger partial charge on any atom is -0.370 e. The van der Waals surface area contributed by atoms with Gasteiger partial charge in [-0.3, -0.25) is 4.79 Å². The van der Waals surface area contributed by atoms with Crippen LogP contribution in [-0.4, -0.2) is 18.5 Å². The number of ether oxygens (including phenoxy) is 1. The molecular formula is C14H16ClFO2. The van der Waals surface area contributed by atoms with Crippen LogP contribution in [0.15, 0.2) is 18.2 Å². The van der Waals surface area contributed by atoms with Crippen molar-refractivity contribution in [3.63, 3.8) is 0 Å². The molecule has 0 aromatic heterocycles. The molecule has 0 bridgehead atoms. The van der Waals surface area contributed by atoms with Crippen molar-refractivity contribution in [3.05, 3.63) is 34.6 Å². The van der Waals surface area contributed by atoms with E-state index in [4.69, 9.17) is 16.3 Å². The third-order valence-electron chi connectivity index (χ3n) is 3.64. The van der Waals surface area contributed by atoms with Crippen LogP contribution >= 0.6 is 11.6 Å². The van der Waals surface area contributed by atoms with Crippen LogP contribution in [0.25, 0.3) is 0 Å². The summed E-state index contributed by atoms with van der Waals surface area (Å²) >= 11 is 5.69. The molecule has 0 N–H and O–H groups in total. The third kappa shape index (κ3) is 2.43. The second-order valence-electron chi connectivity index (χ2n) is 4.71. The number of ketones is 1. The van der Waals surface area contributed by atoms with Gasteiger partial charge in [0.1, 0.15) is 11.4 Å². The highest BCUT2D eigenvalue weighted by Crippen LogP contribution is 2.34. The zero-order valence-corrected chi connectivity index (χ0v) is 11.1. The first-order valence-electron chi connectivity index (χ1n) is 6.14. The smallest absolute Gasteiger partial charge is 0.197 e. The molecule has 4 heteroatoms. The fourth-order valence-electron chi connectivity index (χ4n) is 2.57. The third-order valence-corrected chi connectivity index (χ3v) is 3.88. The lowest BCUT2D eigenvalue weighted by atomic mass is 9.79. The number of methoxy groups -OCH3 is 1. The van der Waals surface area contributed by atoms with Gasteiger partial charge < -0.3 is 4.74 Å². The van der Waals surface area contributed by atoms with Gasteiger partial charge in [0, 0.05) is 12.1 Å². The molecule has 98 valence electrons. The molecule has 1 aromatic carbocycles. The summed E-state index contributed by atoms with van der Waals surface area (Å²) in [6.07, 6.45) is 4.29. The lowest BCUT2D eigenvalue weighted by molar-refractivity contribution is -0.0196. The molecule has 18 heavy (non-hydrogen) atoms. The van der Waals surface area contributed by atoms with Gasteiger partial charge >= 0.3 is 0 Å². The maximum absolute atomic E-state index is 13.8. The van der Waals surface area contributed by atoms with Gasteiger partial charge in [0.25, 0.3) is 0 Å². The largest absolute Gasteiger partial charge is 0.370 e. The summed E-state index contributed by atoms with van der Waals surface area (Å²) in [5.74, 6) is -0.839. The average molecular weight is 271 g/mol. The fourth-order valence-corrected chi connectivity index (χ4v) is 2.72. The zero-order valence-electron chi connectivity index (χ0n) is 10.3. The molecule has 1 aromatic rings. The van der Waals surface area contributed by atoms with Gasteiger partial charge in [-0.25, -0.2) is 4.39 Å². The van der Waals surface area contributed by atoms with E-state index in [1.165, 1.54) is 25.3 Å². The molecule has 1 saturated carbocycles. The fraction of sp³-hybridized carbons (Fsp3) is 0.500. The Morgan fingerprint density at radius 2 is 2.00 bits per heavy atom. The number of halogens is 2. The van der Waals surface area contributed by atoms with Gasteiger partial charge in [0.2, 0.25) is 0 Å². The Morgan fingerprint density at radius 1 is 1.33 bits per heavy atom. The molecule has 0 unspecified atom stereocenters. The minimum atomic E-state index is -0.854. The van der Waals surface area contributed by atoms with Gasteiger partial charge in [0.05, 0.1) is 5.56 Å². The lowest BCUT2D eigenvalue weighted by Gasteiger charge is -2.34. The Morgan fingerprint density at radius 3 is 2.56 bits per heavy atom. The van der Waals surface area contributed by atoms with Crippen LogP contribution in [0.3, 0.4) is 0 Å². The van der Waals surface area contributed by atoms with Crippen molar-refractivity contribution < 1.29 is 13.9 Å². The molecule has 0 spiro atoms. The van der Waals surface area contributed by atoms with Crippen molar-refractivity contribution in [2.24, 2.45) is 0 Å². The second-order valence-corrected chi connectivity index (χ2v) is 5.15. The van der Waals surface area contributed by atoms with E-state index in [1.807, 2.05) is 0 Å². The zero-order chi connectivity index (χ0) is 13.2. The van der Waals surface area contributed by atoms with E-state index >= 15 is 0 Å². The Labute approximate surface area is 111 Å². The van der Waals surface area contributed by atoms with Crippen LogP contribution in [-0.2, 0) is 4.74 Å². The molecule has 0 amide bonds. The molecule has 2 nitrogen and oxygen atoms in total. The first-order chi connectivity index (χ1) is 8.59. The number of carbonyl (C=O) groups excluding carboxylic acids is 1. The van der Waals surface area contributed by atoms with Crippen molar-refractivity contribution in [2.45, 2.75) is 37.7 Å². The first kappa shape index (κ1) is 13.5. The van der Waals surface area contributed by atoms with E-state index < -0.39 is 11.4 Å². The predicted molar refractivity (Wildman–Crippen MR) is 68.6 cm³/mol. The summed E-state index contributed by atoms with van der Waals surface area (Å²) in [5, 5.41) is 0.291. The summed E-state index contributed by atoms with van der Waals surface area (Å²) in [6, 6.07) is 4.14. The van der Waals surface area contributed by atoms with Crippen molar-refractivity contribution in [2.75, 3.05) is 7.11 Å². The molecule has 1 fully saturated rings. The van der Waals surface area contributed by atoms with Crippen LogP contribution in [0.2, 0.25) is 5.02 Å². The highest BCUT2D eigenvalue weighted by atomic mass is 35.5. The highest BCUT2D eigenvalue weighted by Gasteiger charge is 2.40. The van der Waals surface area contributed by atoms with Gasteiger partial charge in [0.15, 0.2) is 5.78 Å². The molecule has 0 heterocycles. The van der Waals surface area contributed by atoms with Gasteiger partial charge in [-0.15, -0.1) is 0 Å². The average Bonchev–Trinajstić information content (AvgIpc) is 2.39. The van der Waals surface area contributed by atoms with Crippen LogP contribution < -0.4 is 0 Å². The van der Waals surface area contributed by atoms with E-state index in [9.17, 15) is 9.18 Å². The molecule has 0 aliphatic heterocycles. The topological polar surface area (TPSA) is 26.3 Å². The van der Waals surface area contributed by atoms with Crippen molar-refractivity contribution in [1.82, 2.24) is 0 Å². The monoisotopic (exact) mass is 270 g/mol. The van der Waals surface area contributed by atoms with Crippen molar-refractivity contribution in [1.29, 1.82) is 0 Å². The molecule has 1 aliphatic carbocycles.